The van der Waals surface area contributed by atoms with E-state index in [1.165, 1.54) is 46.9 Å². The summed E-state index contributed by atoms with van der Waals surface area (Å²) in [7, 11) is 1.76. The Labute approximate surface area is 189 Å². The van der Waals surface area contributed by atoms with E-state index in [1.54, 1.807) is 19.2 Å². The zero-order valence-corrected chi connectivity index (χ0v) is 19.1. The standard InChI is InChI=1S/C27H32N2O3/c1-4-18-14-21-9-11-27(15-18,20-7-5-19(6-8-20)26(30)31)29(21)16-23-22-10-12-28-25(22)17(2)13-24(23)32-3/h5-8,10,12-13,18,21,28H,4,9,11,14-16H2,1-3H3,(H,30,31). The lowest BCUT2D eigenvalue weighted by molar-refractivity contribution is 0.0127. The van der Waals surface area contributed by atoms with Crippen molar-refractivity contribution in [3.05, 3.63) is 64.8 Å². The highest BCUT2D eigenvalue weighted by atomic mass is 16.5. The van der Waals surface area contributed by atoms with Crippen molar-refractivity contribution >= 4 is 16.9 Å². The second-order valence-electron chi connectivity index (χ2n) is 9.59. The van der Waals surface area contributed by atoms with Gasteiger partial charge in [-0.05, 0) is 73.9 Å². The van der Waals surface area contributed by atoms with E-state index in [0.29, 0.717) is 17.5 Å². The third kappa shape index (κ3) is 3.22. The molecule has 5 heteroatoms. The third-order valence-corrected chi connectivity index (χ3v) is 8.02. The fourth-order valence-corrected chi connectivity index (χ4v) is 6.36. The number of hydrogen-bond donors (Lipinski definition) is 2. The summed E-state index contributed by atoms with van der Waals surface area (Å²) in [4.78, 5) is 17.5. The third-order valence-electron chi connectivity index (χ3n) is 8.02. The molecule has 5 rings (SSSR count). The lowest BCUT2D eigenvalue weighted by Gasteiger charge is -2.48. The van der Waals surface area contributed by atoms with Crippen LogP contribution in [0, 0.1) is 12.8 Å². The fourth-order valence-electron chi connectivity index (χ4n) is 6.36. The number of methoxy groups -OCH3 is 1. The maximum atomic E-state index is 11.4. The van der Waals surface area contributed by atoms with Crippen molar-refractivity contribution in [1.29, 1.82) is 0 Å². The molecule has 2 N–H and O–H groups in total. The average molecular weight is 433 g/mol. The van der Waals surface area contributed by atoms with Gasteiger partial charge in [0.15, 0.2) is 0 Å². The molecule has 3 heterocycles. The molecule has 32 heavy (non-hydrogen) atoms. The zero-order chi connectivity index (χ0) is 22.5. The number of ether oxygens (including phenoxy) is 1. The normalized spacial score (nSPS) is 25.3. The summed E-state index contributed by atoms with van der Waals surface area (Å²) in [5.41, 5.74) is 5.15. The number of aryl methyl sites for hydroxylation is 1. The molecule has 1 aromatic heterocycles. The Morgan fingerprint density at radius 3 is 2.75 bits per heavy atom. The van der Waals surface area contributed by atoms with Crippen molar-refractivity contribution < 1.29 is 14.6 Å². The van der Waals surface area contributed by atoms with Gasteiger partial charge in [-0.3, -0.25) is 4.90 Å². The molecular formula is C27H32N2O3. The second-order valence-corrected chi connectivity index (χ2v) is 9.59. The molecule has 0 radical (unpaired) electrons. The van der Waals surface area contributed by atoms with Gasteiger partial charge in [-0.1, -0.05) is 25.5 Å². The van der Waals surface area contributed by atoms with Gasteiger partial charge in [-0.25, -0.2) is 4.79 Å². The van der Waals surface area contributed by atoms with Crippen LogP contribution < -0.4 is 4.74 Å². The van der Waals surface area contributed by atoms with Crippen LogP contribution >= 0.6 is 0 Å². The first kappa shape index (κ1) is 21.1. The molecule has 3 unspecified atom stereocenters. The Kier molecular flexibility index (Phi) is 5.25. The van der Waals surface area contributed by atoms with E-state index < -0.39 is 5.97 Å². The monoisotopic (exact) mass is 432 g/mol. The number of rotatable bonds is 6. The number of aromatic nitrogens is 1. The average Bonchev–Trinajstić information content (AvgIpc) is 3.37. The number of nitrogens with zero attached hydrogens (tertiary/aromatic N) is 1. The van der Waals surface area contributed by atoms with Gasteiger partial charge in [0.25, 0.3) is 0 Å². The van der Waals surface area contributed by atoms with Crippen LogP contribution in [0.2, 0.25) is 0 Å². The highest BCUT2D eigenvalue weighted by Gasteiger charge is 2.52. The molecule has 3 aromatic rings. The first-order valence-electron chi connectivity index (χ1n) is 11.7. The molecule has 0 spiro atoms. The van der Waals surface area contributed by atoms with E-state index in [1.807, 2.05) is 6.20 Å². The highest BCUT2D eigenvalue weighted by Crippen LogP contribution is 2.54. The van der Waals surface area contributed by atoms with E-state index in [9.17, 15) is 9.90 Å². The molecule has 2 fully saturated rings. The predicted octanol–water partition coefficient (Wildman–Crippen LogP) is 5.86. The Balaban J connectivity index is 1.60. The molecule has 168 valence electrons. The van der Waals surface area contributed by atoms with Gasteiger partial charge in [0.2, 0.25) is 0 Å². The van der Waals surface area contributed by atoms with Gasteiger partial charge >= 0.3 is 5.97 Å². The van der Waals surface area contributed by atoms with Gasteiger partial charge in [-0.15, -0.1) is 0 Å². The van der Waals surface area contributed by atoms with Crippen molar-refractivity contribution in [2.24, 2.45) is 5.92 Å². The Morgan fingerprint density at radius 2 is 2.06 bits per heavy atom. The molecular weight excluding hydrogens is 400 g/mol. The number of carboxylic acid groups (broad SMARTS) is 1. The van der Waals surface area contributed by atoms with Crippen LogP contribution in [0.15, 0.2) is 42.6 Å². The lowest BCUT2D eigenvalue weighted by atomic mass is 9.75. The predicted molar refractivity (Wildman–Crippen MR) is 126 cm³/mol. The van der Waals surface area contributed by atoms with Gasteiger partial charge in [-0.2, -0.15) is 0 Å². The minimum absolute atomic E-state index is 0.0564. The Morgan fingerprint density at radius 1 is 1.28 bits per heavy atom. The van der Waals surface area contributed by atoms with E-state index in [4.69, 9.17) is 4.74 Å². The van der Waals surface area contributed by atoms with Crippen LogP contribution in [0.4, 0.5) is 0 Å². The number of nitrogens with one attached hydrogen (secondary N) is 1. The zero-order valence-electron chi connectivity index (χ0n) is 19.1. The van der Waals surface area contributed by atoms with Crippen molar-refractivity contribution in [3.8, 4) is 5.75 Å². The Hall–Kier alpha value is -2.79. The number of carbonyl (C=O) groups is 1. The number of hydrogen-bond acceptors (Lipinski definition) is 3. The van der Waals surface area contributed by atoms with Crippen molar-refractivity contribution in [2.75, 3.05) is 7.11 Å². The number of H-pyrrole nitrogens is 1. The summed E-state index contributed by atoms with van der Waals surface area (Å²) < 4.78 is 5.85. The van der Waals surface area contributed by atoms with Gasteiger partial charge < -0.3 is 14.8 Å². The lowest BCUT2D eigenvalue weighted by Crippen LogP contribution is -2.50. The highest BCUT2D eigenvalue weighted by molar-refractivity contribution is 5.88. The molecule has 2 aliphatic heterocycles. The summed E-state index contributed by atoms with van der Waals surface area (Å²) in [6.45, 7) is 5.25. The summed E-state index contributed by atoms with van der Waals surface area (Å²) in [6.07, 6.45) is 7.85. The van der Waals surface area contributed by atoms with E-state index in [2.05, 4.69) is 48.0 Å². The summed E-state index contributed by atoms with van der Waals surface area (Å²) in [5, 5.41) is 10.6. The maximum Gasteiger partial charge on any atom is 0.335 e. The summed E-state index contributed by atoms with van der Waals surface area (Å²) in [6, 6.07) is 12.5. The smallest absolute Gasteiger partial charge is 0.335 e. The molecule has 2 aromatic carbocycles. The van der Waals surface area contributed by atoms with Crippen LogP contribution in [-0.4, -0.2) is 34.1 Å². The van der Waals surface area contributed by atoms with Crippen molar-refractivity contribution in [2.45, 2.75) is 64.1 Å². The molecule has 0 aliphatic carbocycles. The van der Waals surface area contributed by atoms with Crippen LogP contribution in [0.3, 0.4) is 0 Å². The molecule has 5 nitrogen and oxygen atoms in total. The largest absolute Gasteiger partial charge is 0.496 e. The first-order valence-corrected chi connectivity index (χ1v) is 11.7. The van der Waals surface area contributed by atoms with Crippen molar-refractivity contribution in [3.63, 3.8) is 0 Å². The molecule has 3 atom stereocenters. The number of aromatic carboxylic acids is 1. The SMILES string of the molecule is CCC1CC2CCC(c3ccc(C(=O)O)cc3)(C1)N2Cc1c(OC)cc(C)c2[nH]ccc12. The number of aromatic amines is 1. The van der Waals surface area contributed by atoms with Crippen LogP contribution in [-0.2, 0) is 12.1 Å². The second kappa shape index (κ2) is 7.96. The molecule has 2 bridgehead atoms. The number of benzene rings is 2. The van der Waals surface area contributed by atoms with E-state index in [-0.39, 0.29) is 5.54 Å². The molecule has 0 saturated carbocycles. The van der Waals surface area contributed by atoms with E-state index >= 15 is 0 Å². The number of piperidine rings is 1. The van der Waals surface area contributed by atoms with Gasteiger partial charge in [0, 0.05) is 40.8 Å². The summed E-state index contributed by atoms with van der Waals surface area (Å²) in [5.74, 6) is 0.776. The topological polar surface area (TPSA) is 65.6 Å². The van der Waals surface area contributed by atoms with Crippen LogP contribution in [0.1, 0.15) is 66.1 Å². The van der Waals surface area contributed by atoms with Crippen LogP contribution in [0.25, 0.3) is 10.9 Å². The van der Waals surface area contributed by atoms with Crippen LogP contribution in [0.5, 0.6) is 5.75 Å². The Bertz CT molecular complexity index is 1150. The summed E-state index contributed by atoms with van der Waals surface area (Å²) >= 11 is 0. The van der Waals surface area contributed by atoms with Gasteiger partial charge in [0.05, 0.1) is 12.7 Å². The fraction of sp³-hybridized carbons (Fsp3) is 0.444. The maximum absolute atomic E-state index is 11.4. The van der Waals surface area contributed by atoms with Gasteiger partial charge in [0.1, 0.15) is 5.75 Å². The number of fused-ring (bicyclic) bond motifs is 3. The molecule has 0 amide bonds. The quantitative estimate of drug-likeness (QED) is 0.512. The van der Waals surface area contributed by atoms with Crippen molar-refractivity contribution in [1.82, 2.24) is 9.88 Å². The minimum Gasteiger partial charge on any atom is -0.496 e. The first-order chi connectivity index (χ1) is 15.5. The minimum atomic E-state index is -0.871. The molecule has 2 saturated heterocycles. The van der Waals surface area contributed by atoms with E-state index in [0.717, 1.165) is 25.1 Å². The molecule has 2 aliphatic rings. The number of carboxylic acids is 1.